The molecule has 1 aromatic heterocycles. The van der Waals surface area contributed by atoms with E-state index in [2.05, 4.69) is 46.4 Å². The Kier molecular flexibility index (Phi) is 5.03. The van der Waals surface area contributed by atoms with Crippen molar-refractivity contribution in [2.75, 3.05) is 13.1 Å². The molecule has 1 aromatic carbocycles. The third-order valence-corrected chi connectivity index (χ3v) is 4.52. The van der Waals surface area contributed by atoms with Crippen LogP contribution in [0, 0.1) is 5.92 Å². The van der Waals surface area contributed by atoms with E-state index in [1.54, 1.807) is 0 Å². The highest BCUT2D eigenvalue weighted by Gasteiger charge is 2.31. The summed E-state index contributed by atoms with van der Waals surface area (Å²) in [4.78, 5) is 2.41. The van der Waals surface area contributed by atoms with E-state index in [9.17, 15) is 5.11 Å². The predicted molar refractivity (Wildman–Crippen MR) is 87.8 cm³/mol. The minimum atomic E-state index is -0.167. The van der Waals surface area contributed by atoms with Crippen molar-refractivity contribution in [3.8, 4) is 0 Å². The average molecular weight is 315 g/mol. The van der Waals surface area contributed by atoms with Crippen LogP contribution in [0.15, 0.2) is 30.3 Å². The topological polar surface area (TPSA) is 67.1 Å². The van der Waals surface area contributed by atoms with Crippen LogP contribution in [-0.2, 0) is 6.54 Å². The van der Waals surface area contributed by atoms with Crippen LogP contribution in [0.3, 0.4) is 0 Å². The van der Waals surface area contributed by atoms with Gasteiger partial charge in [-0.1, -0.05) is 44.2 Å². The second-order valence-electron chi connectivity index (χ2n) is 6.64. The molecule has 0 amide bonds. The van der Waals surface area contributed by atoms with Gasteiger partial charge in [0.1, 0.15) is 0 Å². The lowest BCUT2D eigenvalue weighted by Gasteiger charge is -2.37. The second-order valence-corrected chi connectivity index (χ2v) is 6.64. The predicted octanol–water partition coefficient (Wildman–Crippen LogP) is 1.88. The van der Waals surface area contributed by atoms with Crippen molar-refractivity contribution in [3.63, 3.8) is 0 Å². The molecule has 1 fully saturated rings. The number of likely N-dealkylation sites (tertiary alicyclic amines) is 1. The fourth-order valence-electron chi connectivity index (χ4n) is 3.34. The van der Waals surface area contributed by atoms with E-state index in [1.165, 1.54) is 5.56 Å². The third-order valence-electron chi connectivity index (χ3n) is 4.52. The van der Waals surface area contributed by atoms with Gasteiger partial charge in [0.2, 0.25) is 0 Å². The van der Waals surface area contributed by atoms with Crippen molar-refractivity contribution in [1.82, 2.24) is 25.1 Å². The Labute approximate surface area is 137 Å². The van der Waals surface area contributed by atoms with Crippen molar-refractivity contribution in [1.29, 1.82) is 0 Å². The minimum Gasteiger partial charge on any atom is -0.393 e. The van der Waals surface area contributed by atoms with Crippen LogP contribution in [-0.4, -0.2) is 49.4 Å². The Bertz CT molecular complexity index is 604. The molecule has 0 aliphatic carbocycles. The zero-order chi connectivity index (χ0) is 16.2. The largest absolute Gasteiger partial charge is 0.393 e. The molecule has 2 heterocycles. The molecule has 1 atom stereocenters. The molecule has 1 saturated heterocycles. The fraction of sp³-hybridized carbons (Fsp3) is 0.588. The number of hydrogen-bond donors (Lipinski definition) is 1. The first kappa shape index (κ1) is 16.1. The monoisotopic (exact) mass is 315 g/mol. The van der Waals surface area contributed by atoms with Gasteiger partial charge in [0.05, 0.1) is 18.7 Å². The van der Waals surface area contributed by atoms with Gasteiger partial charge in [-0.3, -0.25) is 4.90 Å². The van der Waals surface area contributed by atoms with Gasteiger partial charge in [-0.2, -0.15) is 0 Å². The van der Waals surface area contributed by atoms with Crippen LogP contribution in [0.2, 0.25) is 0 Å². The van der Waals surface area contributed by atoms with Gasteiger partial charge < -0.3 is 5.11 Å². The highest BCUT2D eigenvalue weighted by Crippen LogP contribution is 2.29. The number of piperidine rings is 1. The van der Waals surface area contributed by atoms with E-state index in [1.807, 2.05) is 22.9 Å². The van der Waals surface area contributed by atoms with Gasteiger partial charge >= 0.3 is 0 Å². The first-order valence-electron chi connectivity index (χ1n) is 8.37. The normalized spacial score (nSPS) is 18.4. The van der Waals surface area contributed by atoms with Crippen LogP contribution < -0.4 is 0 Å². The number of aliphatic hydroxyl groups is 1. The molecule has 6 nitrogen and oxygen atoms in total. The van der Waals surface area contributed by atoms with Crippen molar-refractivity contribution >= 4 is 0 Å². The van der Waals surface area contributed by atoms with E-state index < -0.39 is 0 Å². The Morgan fingerprint density at radius 1 is 1.17 bits per heavy atom. The van der Waals surface area contributed by atoms with E-state index in [4.69, 9.17) is 0 Å². The summed E-state index contributed by atoms with van der Waals surface area (Å²) in [7, 11) is 0. The second kappa shape index (κ2) is 7.19. The Morgan fingerprint density at radius 2 is 1.87 bits per heavy atom. The minimum absolute atomic E-state index is 0.167. The summed E-state index contributed by atoms with van der Waals surface area (Å²) in [5, 5.41) is 22.2. The van der Waals surface area contributed by atoms with E-state index >= 15 is 0 Å². The maximum atomic E-state index is 9.76. The number of rotatable bonds is 5. The number of hydrogen-bond acceptors (Lipinski definition) is 5. The molecule has 1 aliphatic rings. The zero-order valence-electron chi connectivity index (χ0n) is 13.8. The standard InChI is InChI=1S/C17H25N5O/c1-13(2)16(21-10-8-15(23)9-11-21)17-18-19-20-22(17)12-14-6-4-3-5-7-14/h3-7,13,15-16,23H,8-12H2,1-2H3/t16-/m1/s1. The number of benzene rings is 1. The molecule has 1 N–H and O–H groups in total. The number of aromatic nitrogens is 4. The average Bonchev–Trinajstić information content (AvgIpc) is 2.98. The van der Waals surface area contributed by atoms with Gasteiger partial charge in [-0.25, -0.2) is 4.68 Å². The molecule has 0 saturated carbocycles. The summed E-state index contributed by atoms with van der Waals surface area (Å²) in [5.41, 5.74) is 1.19. The summed E-state index contributed by atoms with van der Waals surface area (Å²) < 4.78 is 1.91. The van der Waals surface area contributed by atoms with Gasteiger partial charge in [-0.05, 0) is 34.7 Å². The summed E-state index contributed by atoms with van der Waals surface area (Å²) in [6.07, 6.45) is 1.48. The molecule has 6 heteroatoms. The molecule has 23 heavy (non-hydrogen) atoms. The Hall–Kier alpha value is -1.79. The maximum Gasteiger partial charge on any atom is 0.169 e. The number of aliphatic hydroxyl groups excluding tert-OH is 1. The quantitative estimate of drug-likeness (QED) is 0.912. The molecule has 3 rings (SSSR count). The zero-order valence-corrected chi connectivity index (χ0v) is 13.8. The van der Waals surface area contributed by atoms with E-state index in [-0.39, 0.29) is 12.1 Å². The molecule has 0 unspecified atom stereocenters. The van der Waals surface area contributed by atoms with Crippen LogP contribution >= 0.6 is 0 Å². The van der Waals surface area contributed by atoms with Crippen LogP contribution in [0.4, 0.5) is 0 Å². The lowest BCUT2D eigenvalue weighted by molar-refractivity contribution is 0.0436. The van der Waals surface area contributed by atoms with Crippen molar-refractivity contribution < 1.29 is 5.11 Å². The molecular formula is C17H25N5O. The molecule has 124 valence electrons. The first-order chi connectivity index (χ1) is 11.1. The van der Waals surface area contributed by atoms with Gasteiger partial charge in [0, 0.05) is 13.1 Å². The number of tetrazole rings is 1. The molecule has 2 aromatic rings. The summed E-state index contributed by atoms with van der Waals surface area (Å²) in [6, 6.07) is 10.4. The summed E-state index contributed by atoms with van der Waals surface area (Å²) >= 11 is 0. The molecule has 0 spiro atoms. The fourth-order valence-corrected chi connectivity index (χ4v) is 3.34. The molecule has 0 bridgehead atoms. The number of nitrogens with zero attached hydrogens (tertiary/aromatic N) is 5. The SMILES string of the molecule is CC(C)[C@H](c1nnnn1Cc1ccccc1)N1CCC(O)CC1. The summed E-state index contributed by atoms with van der Waals surface area (Å²) in [6.45, 7) is 6.88. The van der Waals surface area contributed by atoms with Crippen LogP contribution in [0.5, 0.6) is 0 Å². The van der Waals surface area contributed by atoms with E-state index in [0.717, 1.165) is 31.8 Å². The van der Waals surface area contributed by atoms with Gasteiger partial charge in [0.15, 0.2) is 5.82 Å². The Morgan fingerprint density at radius 3 is 2.52 bits per heavy atom. The van der Waals surface area contributed by atoms with E-state index in [0.29, 0.717) is 12.5 Å². The highest BCUT2D eigenvalue weighted by molar-refractivity contribution is 5.15. The highest BCUT2D eigenvalue weighted by atomic mass is 16.3. The van der Waals surface area contributed by atoms with Gasteiger partial charge in [-0.15, -0.1) is 5.10 Å². The summed E-state index contributed by atoms with van der Waals surface area (Å²) in [5.74, 6) is 1.33. The first-order valence-corrected chi connectivity index (χ1v) is 8.37. The molecule has 0 radical (unpaired) electrons. The molecular weight excluding hydrogens is 290 g/mol. The maximum absolute atomic E-state index is 9.76. The lowest BCUT2D eigenvalue weighted by atomic mass is 9.97. The van der Waals surface area contributed by atoms with Crippen LogP contribution in [0.1, 0.15) is 44.1 Å². The van der Waals surface area contributed by atoms with Gasteiger partial charge in [0.25, 0.3) is 0 Å². The third kappa shape index (κ3) is 3.76. The lowest BCUT2D eigenvalue weighted by Crippen LogP contribution is -2.41. The Balaban J connectivity index is 1.82. The smallest absolute Gasteiger partial charge is 0.169 e. The van der Waals surface area contributed by atoms with Crippen molar-refractivity contribution in [2.45, 2.75) is 45.4 Å². The van der Waals surface area contributed by atoms with Crippen LogP contribution in [0.25, 0.3) is 0 Å². The van der Waals surface area contributed by atoms with Crippen molar-refractivity contribution in [2.24, 2.45) is 5.92 Å². The molecule has 1 aliphatic heterocycles. The van der Waals surface area contributed by atoms with Crippen molar-refractivity contribution in [3.05, 3.63) is 41.7 Å².